The van der Waals surface area contributed by atoms with Gasteiger partial charge in [0.05, 0.1) is 13.7 Å². The van der Waals surface area contributed by atoms with E-state index in [4.69, 9.17) is 4.74 Å². The maximum absolute atomic E-state index is 12.9. The first-order chi connectivity index (χ1) is 13.7. The molecule has 1 aromatic heterocycles. The van der Waals surface area contributed by atoms with Crippen molar-refractivity contribution < 1.29 is 14.1 Å². The van der Waals surface area contributed by atoms with Crippen LogP contribution in [0.2, 0.25) is 0 Å². The van der Waals surface area contributed by atoms with Gasteiger partial charge in [0.25, 0.3) is 5.82 Å². The number of hydrogen-bond acceptors (Lipinski definition) is 2. The van der Waals surface area contributed by atoms with Crippen LogP contribution in [0.4, 0.5) is 0 Å². The molecule has 0 N–H and O–H groups in total. The van der Waals surface area contributed by atoms with Crippen molar-refractivity contribution in [2.45, 2.75) is 45.7 Å². The molecule has 2 heterocycles. The second-order valence-corrected chi connectivity index (χ2v) is 7.54. The van der Waals surface area contributed by atoms with Crippen molar-refractivity contribution in [3.05, 3.63) is 71.7 Å². The van der Waals surface area contributed by atoms with E-state index >= 15 is 0 Å². The van der Waals surface area contributed by atoms with Crippen molar-refractivity contribution in [2.24, 2.45) is 0 Å². The Morgan fingerprint density at radius 2 is 1.79 bits per heavy atom. The van der Waals surface area contributed by atoms with Gasteiger partial charge in [-0.05, 0) is 50.5 Å². The molecule has 1 aliphatic rings. The van der Waals surface area contributed by atoms with Crippen molar-refractivity contribution in [3.63, 3.8) is 0 Å². The predicted octanol–water partition coefficient (Wildman–Crippen LogP) is 4.37. The molecule has 0 fully saturated rings. The number of ketones is 1. The Hall–Kier alpha value is -2.88. The first-order valence-corrected chi connectivity index (χ1v) is 10.0. The Bertz CT molecular complexity index is 969. The van der Waals surface area contributed by atoms with Crippen LogP contribution in [0.15, 0.2) is 54.7 Å². The summed E-state index contributed by atoms with van der Waals surface area (Å²) in [5.74, 6) is 2.27. The monoisotopic (exact) mass is 375 g/mol. The third-order valence-electron chi connectivity index (χ3n) is 5.57. The zero-order chi connectivity index (χ0) is 19.5. The zero-order valence-electron chi connectivity index (χ0n) is 16.6. The van der Waals surface area contributed by atoms with E-state index in [1.165, 1.54) is 36.3 Å². The van der Waals surface area contributed by atoms with Gasteiger partial charge < -0.3 is 4.74 Å². The maximum Gasteiger partial charge on any atom is 0.257 e. The first kappa shape index (κ1) is 18.5. The average molecular weight is 375 g/mol. The SMILES string of the molecule is COc1ccc(-c2c[n+](CC(=O)c3ccc(C)cc3)c3n2CCCCC3)cc1. The number of imidazole rings is 1. The van der Waals surface area contributed by atoms with E-state index in [2.05, 4.69) is 27.5 Å². The lowest BCUT2D eigenvalue weighted by Gasteiger charge is -2.04. The summed E-state index contributed by atoms with van der Waals surface area (Å²) in [6.07, 6.45) is 6.74. The Kier molecular flexibility index (Phi) is 5.29. The molecule has 4 rings (SSSR count). The van der Waals surface area contributed by atoms with Crippen LogP contribution in [0.1, 0.15) is 41.0 Å². The van der Waals surface area contributed by atoms with Crippen molar-refractivity contribution >= 4 is 5.78 Å². The lowest BCUT2D eigenvalue weighted by atomic mass is 10.1. The van der Waals surface area contributed by atoms with Crippen LogP contribution < -0.4 is 9.30 Å². The molecule has 0 amide bonds. The second-order valence-electron chi connectivity index (χ2n) is 7.54. The minimum atomic E-state index is 0.156. The number of hydrogen-bond donors (Lipinski definition) is 0. The molecule has 0 bridgehead atoms. The normalized spacial score (nSPS) is 13.6. The zero-order valence-corrected chi connectivity index (χ0v) is 16.6. The van der Waals surface area contributed by atoms with E-state index in [1.807, 2.05) is 43.3 Å². The highest BCUT2D eigenvalue weighted by Crippen LogP contribution is 2.26. The first-order valence-electron chi connectivity index (χ1n) is 10.0. The minimum absolute atomic E-state index is 0.156. The van der Waals surface area contributed by atoms with Gasteiger partial charge >= 0.3 is 0 Å². The maximum atomic E-state index is 12.9. The molecule has 0 radical (unpaired) electrons. The van der Waals surface area contributed by atoms with Crippen LogP contribution in [0.25, 0.3) is 11.3 Å². The van der Waals surface area contributed by atoms with E-state index in [-0.39, 0.29) is 5.78 Å². The van der Waals surface area contributed by atoms with Gasteiger partial charge in [-0.3, -0.25) is 4.79 Å². The van der Waals surface area contributed by atoms with E-state index in [1.54, 1.807) is 7.11 Å². The topological polar surface area (TPSA) is 35.1 Å². The van der Waals surface area contributed by atoms with Gasteiger partial charge in [0, 0.05) is 17.5 Å². The number of benzene rings is 2. The number of carbonyl (C=O) groups excluding carboxylic acids is 1. The molecule has 3 aromatic rings. The largest absolute Gasteiger partial charge is 0.497 e. The number of carbonyl (C=O) groups is 1. The minimum Gasteiger partial charge on any atom is -0.497 e. The van der Waals surface area contributed by atoms with Gasteiger partial charge in [0.1, 0.15) is 11.9 Å². The number of ether oxygens (including phenoxy) is 1. The average Bonchev–Trinajstić information content (AvgIpc) is 2.89. The molecule has 2 aromatic carbocycles. The van der Waals surface area contributed by atoms with Gasteiger partial charge in [0.2, 0.25) is 5.78 Å². The van der Waals surface area contributed by atoms with E-state index < -0.39 is 0 Å². The fraction of sp³-hybridized carbons (Fsp3) is 0.333. The summed E-state index contributed by atoms with van der Waals surface area (Å²) < 4.78 is 9.86. The molecule has 0 unspecified atom stereocenters. The number of methoxy groups -OCH3 is 1. The Morgan fingerprint density at radius 1 is 1.04 bits per heavy atom. The van der Waals surface area contributed by atoms with Crippen LogP contribution in [0.3, 0.4) is 0 Å². The molecule has 0 saturated carbocycles. The summed E-state index contributed by atoms with van der Waals surface area (Å²) in [5, 5.41) is 0. The lowest BCUT2D eigenvalue weighted by molar-refractivity contribution is -0.690. The molecule has 0 spiro atoms. The van der Waals surface area contributed by atoms with E-state index in [9.17, 15) is 4.79 Å². The van der Waals surface area contributed by atoms with Crippen LogP contribution in [-0.4, -0.2) is 17.5 Å². The molecule has 28 heavy (non-hydrogen) atoms. The smallest absolute Gasteiger partial charge is 0.257 e. The second kappa shape index (κ2) is 8.01. The Morgan fingerprint density at radius 3 is 2.50 bits per heavy atom. The number of aromatic nitrogens is 2. The van der Waals surface area contributed by atoms with Gasteiger partial charge in [-0.15, -0.1) is 0 Å². The van der Waals surface area contributed by atoms with Crippen molar-refractivity contribution in [1.29, 1.82) is 0 Å². The summed E-state index contributed by atoms with van der Waals surface area (Å²) in [6, 6.07) is 16.0. The highest BCUT2D eigenvalue weighted by Gasteiger charge is 2.27. The molecule has 4 nitrogen and oxygen atoms in total. The van der Waals surface area contributed by atoms with Crippen molar-refractivity contribution in [3.8, 4) is 17.0 Å². The van der Waals surface area contributed by atoms with Crippen LogP contribution in [-0.2, 0) is 19.5 Å². The predicted molar refractivity (Wildman–Crippen MR) is 110 cm³/mol. The van der Waals surface area contributed by atoms with Gasteiger partial charge in [-0.2, -0.15) is 0 Å². The molecule has 0 atom stereocenters. The van der Waals surface area contributed by atoms with Crippen LogP contribution in [0.5, 0.6) is 5.75 Å². The standard InChI is InChI=1S/C24H27N2O2/c1-18-7-9-20(10-8-18)23(27)17-25-16-22(19-11-13-21(28-2)14-12-19)26-15-5-3-4-6-24(25)26/h7-14,16H,3-6,15,17H2,1-2H3/q+1. The number of aryl methyl sites for hydroxylation is 1. The van der Waals surface area contributed by atoms with Crippen molar-refractivity contribution in [1.82, 2.24) is 4.57 Å². The van der Waals surface area contributed by atoms with E-state index in [0.717, 1.165) is 29.8 Å². The lowest BCUT2D eigenvalue weighted by Crippen LogP contribution is -2.40. The van der Waals surface area contributed by atoms with E-state index in [0.29, 0.717) is 6.54 Å². The number of fused-ring (bicyclic) bond motifs is 1. The number of rotatable bonds is 5. The Balaban J connectivity index is 1.69. The van der Waals surface area contributed by atoms with Crippen LogP contribution in [0, 0.1) is 6.92 Å². The summed E-state index contributed by atoms with van der Waals surface area (Å²) in [5.41, 5.74) is 4.28. The highest BCUT2D eigenvalue weighted by atomic mass is 16.5. The van der Waals surface area contributed by atoms with Gasteiger partial charge in [-0.25, -0.2) is 9.13 Å². The molecule has 0 saturated heterocycles. The summed E-state index contributed by atoms with van der Waals surface area (Å²) in [6.45, 7) is 3.43. The Labute approximate surface area is 166 Å². The van der Waals surface area contributed by atoms with Gasteiger partial charge in [-0.1, -0.05) is 29.8 Å². The molecule has 0 aliphatic carbocycles. The molecular weight excluding hydrogens is 348 g/mol. The molecular formula is C24H27N2O2+. The summed E-state index contributed by atoms with van der Waals surface area (Å²) in [4.78, 5) is 12.9. The van der Waals surface area contributed by atoms with Crippen molar-refractivity contribution in [2.75, 3.05) is 7.11 Å². The summed E-state index contributed by atoms with van der Waals surface area (Å²) in [7, 11) is 1.68. The third-order valence-corrected chi connectivity index (χ3v) is 5.57. The quantitative estimate of drug-likeness (QED) is 0.490. The number of Topliss-reactive ketones (excluding diaryl/α,β-unsaturated/α-hetero) is 1. The summed E-state index contributed by atoms with van der Waals surface area (Å²) >= 11 is 0. The molecule has 1 aliphatic heterocycles. The molecule has 4 heteroatoms. The molecule has 144 valence electrons. The number of nitrogens with zero attached hydrogens (tertiary/aromatic N) is 2. The third kappa shape index (κ3) is 3.72. The fourth-order valence-electron chi connectivity index (χ4n) is 3.96. The fourth-order valence-corrected chi connectivity index (χ4v) is 3.96. The van der Waals surface area contributed by atoms with Crippen LogP contribution >= 0.6 is 0 Å². The highest BCUT2D eigenvalue weighted by molar-refractivity contribution is 5.95. The van der Waals surface area contributed by atoms with Gasteiger partial charge in [0.15, 0.2) is 12.2 Å².